The van der Waals surface area contributed by atoms with Crippen LogP contribution in [0.3, 0.4) is 0 Å². The Labute approximate surface area is 127 Å². The van der Waals surface area contributed by atoms with E-state index in [1.54, 1.807) is 11.3 Å². The number of aromatic nitrogens is 1. The second kappa shape index (κ2) is 5.76. The first kappa shape index (κ1) is 13.9. The molecule has 1 aliphatic heterocycles. The number of ether oxygens (including phenoxy) is 1. The molecule has 1 aromatic heterocycles. The minimum Gasteiger partial charge on any atom is -0.481 e. The highest BCUT2D eigenvalue weighted by molar-refractivity contribution is 7.99. The second-order valence-electron chi connectivity index (χ2n) is 4.88. The molecule has 0 saturated carbocycles. The van der Waals surface area contributed by atoms with Crippen molar-refractivity contribution in [3.05, 3.63) is 39.8 Å². The number of benzene rings is 1. The van der Waals surface area contributed by atoms with Crippen LogP contribution in [0, 0.1) is 6.92 Å². The molecule has 2 atom stereocenters. The lowest BCUT2D eigenvalue weighted by Crippen LogP contribution is -2.14. The number of rotatable bonds is 3. The zero-order valence-corrected chi connectivity index (χ0v) is 13.5. The van der Waals surface area contributed by atoms with Gasteiger partial charge in [-0.3, -0.25) is 0 Å². The Morgan fingerprint density at radius 2 is 2.20 bits per heavy atom. The summed E-state index contributed by atoms with van der Waals surface area (Å²) in [5.74, 6) is 1.90. The lowest BCUT2D eigenvalue weighted by molar-refractivity contribution is 0.220. The van der Waals surface area contributed by atoms with Gasteiger partial charge in [0.05, 0.1) is 5.69 Å². The fraction of sp³-hybridized carbons (Fsp3) is 0.400. The van der Waals surface area contributed by atoms with E-state index >= 15 is 0 Å². The molecule has 0 fully saturated rings. The zero-order chi connectivity index (χ0) is 14.1. The van der Waals surface area contributed by atoms with Crippen LogP contribution >= 0.6 is 23.1 Å². The average Bonchev–Trinajstić information content (AvgIpc) is 2.88. The van der Waals surface area contributed by atoms with E-state index in [-0.39, 0.29) is 6.10 Å². The number of aryl methyl sites for hydroxylation is 1. The van der Waals surface area contributed by atoms with E-state index < -0.39 is 0 Å². The molecule has 1 aliphatic rings. The summed E-state index contributed by atoms with van der Waals surface area (Å²) in [4.78, 5) is 7.24. The molecule has 2 heterocycles. The van der Waals surface area contributed by atoms with Gasteiger partial charge in [0.25, 0.3) is 0 Å². The first-order valence-electron chi connectivity index (χ1n) is 6.72. The molecule has 0 saturated heterocycles. The number of thioether (sulfide) groups is 1. The number of para-hydroxylation sites is 1. The quantitative estimate of drug-likeness (QED) is 0.931. The van der Waals surface area contributed by atoms with Crippen molar-refractivity contribution in [1.82, 2.24) is 10.3 Å². The molecule has 0 aliphatic carbocycles. The summed E-state index contributed by atoms with van der Waals surface area (Å²) in [7, 11) is 1.98. The fourth-order valence-corrected chi connectivity index (χ4v) is 4.50. The van der Waals surface area contributed by atoms with Crippen molar-refractivity contribution in [3.8, 4) is 5.75 Å². The highest BCUT2D eigenvalue weighted by atomic mass is 32.2. The number of hydrogen-bond acceptors (Lipinski definition) is 5. The van der Waals surface area contributed by atoms with Gasteiger partial charge in [0.2, 0.25) is 0 Å². The van der Waals surface area contributed by atoms with E-state index in [1.165, 1.54) is 9.77 Å². The van der Waals surface area contributed by atoms with Crippen molar-refractivity contribution in [1.29, 1.82) is 0 Å². The number of thiazole rings is 1. The summed E-state index contributed by atoms with van der Waals surface area (Å²) in [5, 5.41) is 4.36. The summed E-state index contributed by atoms with van der Waals surface area (Å²) in [5.41, 5.74) is 1.11. The van der Waals surface area contributed by atoms with Crippen molar-refractivity contribution in [2.45, 2.75) is 30.9 Å². The van der Waals surface area contributed by atoms with E-state index in [2.05, 4.69) is 31.3 Å². The average molecular weight is 306 g/mol. The van der Waals surface area contributed by atoms with Gasteiger partial charge < -0.3 is 10.1 Å². The molecule has 0 bridgehead atoms. The molecule has 20 heavy (non-hydrogen) atoms. The summed E-state index contributed by atoms with van der Waals surface area (Å²) < 4.78 is 6.11. The minimum atomic E-state index is 0.0661. The molecule has 1 aromatic carbocycles. The Morgan fingerprint density at radius 1 is 1.40 bits per heavy atom. The zero-order valence-electron chi connectivity index (χ0n) is 11.8. The van der Waals surface area contributed by atoms with Gasteiger partial charge in [-0.2, -0.15) is 0 Å². The van der Waals surface area contributed by atoms with Crippen LogP contribution in [0.5, 0.6) is 5.75 Å². The number of hydrogen-bond donors (Lipinski definition) is 1. The third kappa shape index (κ3) is 2.57. The fourth-order valence-electron chi connectivity index (χ4n) is 2.24. The van der Waals surface area contributed by atoms with E-state index in [0.29, 0.717) is 6.04 Å². The number of fused-ring (bicyclic) bond motifs is 1. The summed E-state index contributed by atoms with van der Waals surface area (Å²) >= 11 is 3.61. The highest BCUT2D eigenvalue weighted by Crippen LogP contribution is 2.41. The van der Waals surface area contributed by atoms with E-state index in [0.717, 1.165) is 22.2 Å². The van der Waals surface area contributed by atoms with Gasteiger partial charge in [-0.05, 0) is 33.0 Å². The molecule has 1 N–H and O–H groups in total. The molecular formula is C15H18N2OS2. The standard InChI is InChI=1S/C15H18N2OS2/c1-9(16-3)14-10(2)17-15(20-14)12-8-19-13-7-5-4-6-11(13)18-12/h4-7,9,12,16H,8H2,1-3H3. The van der Waals surface area contributed by atoms with Gasteiger partial charge in [-0.1, -0.05) is 12.1 Å². The minimum absolute atomic E-state index is 0.0661. The van der Waals surface area contributed by atoms with Gasteiger partial charge in [0.15, 0.2) is 6.10 Å². The maximum Gasteiger partial charge on any atom is 0.159 e. The molecule has 0 radical (unpaired) electrons. The molecule has 106 valence electrons. The van der Waals surface area contributed by atoms with Crippen molar-refractivity contribution in [3.63, 3.8) is 0 Å². The lowest BCUT2D eigenvalue weighted by atomic mass is 10.2. The topological polar surface area (TPSA) is 34.1 Å². The Kier molecular flexibility index (Phi) is 4.01. The predicted molar refractivity (Wildman–Crippen MR) is 84.9 cm³/mol. The number of nitrogens with one attached hydrogen (secondary N) is 1. The van der Waals surface area contributed by atoms with Crippen LogP contribution < -0.4 is 10.1 Å². The van der Waals surface area contributed by atoms with Crippen LogP contribution in [-0.4, -0.2) is 17.8 Å². The first-order chi connectivity index (χ1) is 9.69. The Bertz CT molecular complexity index is 612. The van der Waals surface area contributed by atoms with Crippen LogP contribution in [0.1, 0.15) is 34.6 Å². The lowest BCUT2D eigenvalue weighted by Gasteiger charge is -2.23. The predicted octanol–water partition coefficient (Wildman–Crippen LogP) is 3.96. The molecule has 2 unspecified atom stereocenters. The summed E-state index contributed by atoms with van der Waals surface area (Å²) in [6.07, 6.45) is 0.0661. The van der Waals surface area contributed by atoms with Crippen molar-refractivity contribution >= 4 is 23.1 Å². The summed E-state index contributed by atoms with van der Waals surface area (Å²) in [6.45, 7) is 4.24. The van der Waals surface area contributed by atoms with Gasteiger partial charge in [0.1, 0.15) is 10.8 Å². The van der Waals surface area contributed by atoms with Crippen molar-refractivity contribution < 1.29 is 4.74 Å². The molecule has 0 amide bonds. The molecule has 0 spiro atoms. The maximum atomic E-state index is 6.11. The van der Waals surface area contributed by atoms with Gasteiger partial charge in [-0.15, -0.1) is 23.1 Å². The number of nitrogens with zero attached hydrogens (tertiary/aromatic N) is 1. The monoisotopic (exact) mass is 306 g/mol. The first-order valence-corrected chi connectivity index (χ1v) is 8.52. The van der Waals surface area contributed by atoms with Crippen molar-refractivity contribution in [2.75, 3.05) is 12.8 Å². The van der Waals surface area contributed by atoms with Crippen LogP contribution in [0.25, 0.3) is 0 Å². The van der Waals surface area contributed by atoms with Gasteiger partial charge in [-0.25, -0.2) is 4.98 Å². The largest absolute Gasteiger partial charge is 0.481 e. The third-order valence-corrected chi connectivity index (χ3v) is 6.01. The van der Waals surface area contributed by atoms with Gasteiger partial charge in [0, 0.05) is 21.6 Å². The van der Waals surface area contributed by atoms with E-state index in [9.17, 15) is 0 Å². The van der Waals surface area contributed by atoms with E-state index in [1.807, 2.05) is 30.9 Å². The SMILES string of the molecule is CNC(C)c1sc(C2CSc3ccccc3O2)nc1C. The molecule has 3 nitrogen and oxygen atoms in total. The smallest absolute Gasteiger partial charge is 0.159 e. The van der Waals surface area contributed by atoms with Crippen LogP contribution in [0.4, 0.5) is 0 Å². The van der Waals surface area contributed by atoms with Crippen LogP contribution in [0.2, 0.25) is 0 Å². The molecule has 3 rings (SSSR count). The highest BCUT2D eigenvalue weighted by Gasteiger charge is 2.26. The molecule has 2 aromatic rings. The summed E-state index contributed by atoms with van der Waals surface area (Å²) in [6, 6.07) is 8.55. The van der Waals surface area contributed by atoms with E-state index in [4.69, 9.17) is 9.72 Å². The Hall–Kier alpha value is -1.04. The normalized spacial score (nSPS) is 19.2. The van der Waals surface area contributed by atoms with Crippen molar-refractivity contribution in [2.24, 2.45) is 0 Å². The second-order valence-corrected chi connectivity index (χ2v) is 7.00. The molecule has 5 heteroatoms. The third-order valence-electron chi connectivity index (χ3n) is 3.46. The van der Waals surface area contributed by atoms with Crippen LogP contribution in [0.15, 0.2) is 29.2 Å². The maximum absolute atomic E-state index is 6.11. The van der Waals surface area contributed by atoms with Crippen LogP contribution in [-0.2, 0) is 0 Å². The molecular weight excluding hydrogens is 288 g/mol. The van der Waals surface area contributed by atoms with Gasteiger partial charge >= 0.3 is 0 Å². The Morgan fingerprint density at radius 3 is 3.00 bits per heavy atom. The Balaban J connectivity index is 1.85.